The van der Waals surface area contributed by atoms with Crippen LogP contribution in [0.15, 0.2) is 17.1 Å². The standard InChI is InChI=1S/C16H23N3O2/c1-19-5-3-12(4-6-19)10-21-16-8-14-13(7-15(16)20-2)9-17-11-18-14/h7-8,11-12H,3-6,9-10H2,1-2H3,(H,17,18). The third-order valence-electron chi connectivity index (χ3n) is 4.28. The Labute approximate surface area is 126 Å². The van der Waals surface area contributed by atoms with Crippen molar-refractivity contribution in [2.75, 3.05) is 39.2 Å². The average Bonchev–Trinajstić information content (AvgIpc) is 2.53. The van der Waals surface area contributed by atoms with Gasteiger partial charge in [0.1, 0.15) is 0 Å². The minimum absolute atomic E-state index is 0.636. The second kappa shape index (κ2) is 6.35. The summed E-state index contributed by atoms with van der Waals surface area (Å²) in [6.45, 7) is 3.77. The van der Waals surface area contributed by atoms with Crippen LogP contribution in [0.5, 0.6) is 11.5 Å². The lowest BCUT2D eigenvalue weighted by atomic mass is 9.98. The topological polar surface area (TPSA) is 46.1 Å². The zero-order valence-electron chi connectivity index (χ0n) is 12.8. The highest BCUT2D eigenvalue weighted by atomic mass is 16.5. The summed E-state index contributed by atoms with van der Waals surface area (Å²) in [7, 11) is 3.86. The molecule has 0 aromatic heterocycles. The summed E-state index contributed by atoms with van der Waals surface area (Å²) >= 11 is 0. The van der Waals surface area contributed by atoms with E-state index in [1.54, 1.807) is 13.4 Å². The van der Waals surface area contributed by atoms with Crippen LogP contribution in [0.25, 0.3) is 0 Å². The van der Waals surface area contributed by atoms with Crippen LogP contribution in [-0.4, -0.2) is 45.1 Å². The molecule has 0 radical (unpaired) electrons. The van der Waals surface area contributed by atoms with Gasteiger partial charge in [-0.2, -0.15) is 0 Å². The van der Waals surface area contributed by atoms with E-state index < -0.39 is 0 Å². The van der Waals surface area contributed by atoms with E-state index in [0.29, 0.717) is 12.5 Å². The molecule has 5 nitrogen and oxygen atoms in total. The molecule has 2 aliphatic heterocycles. The fraction of sp³-hybridized carbons (Fsp3) is 0.562. The fourth-order valence-corrected chi connectivity index (χ4v) is 2.84. The van der Waals surface area contributed by atoms with E-state index in [1.165, 1.54) is 12.8 Å². The van der Waals surface area contributed by atoms with Crippen molar-refractivity contribution in [3.63, 3.8) is 0 Å². The van der Waals surface area contributed by atoms with E-state index in [0.717, 1.165) is 42.4 Å². The minimum Gasteiger partial charge on any atom is -0.493 e. The van der Waals surface area contributed by atoms with Gasteiger partial charge in [0, 0.05) is 17.3 Å². The number of nitrogens with one attached hydrogen (secondary N) is 1. The van der Waals surface area contributed by atoms with Gasteiger partial charge in [-0.25, -0.2) is 0 Å². The molecular weight excluding hydrogens is 266 g/mol. The van der Waals surface area contributed by atoms with Crippen molar-refractivity contribution >= 4 is 12.0 Å². The summed E-state index contributed by atoms with van der Waals surface area (Å²) < 4.78 is 11.5. The fourth-order valence-electron chi connectivity index (χ4n) is 2.84. The van der Waals surface area contributed by atoms with Crippen LogP contribution < -0.4 is 14.8 Å². The van der Waals surface area contributed by atoms with E-state index in [1.807, 2.05) is 12.1 Å². The number of ether oxygens (including phenoxy) is 2. The number of benzene rings is 1. The molecule has 0 amide bonds. The Balaban J connectivity index is 1.67. The highest BCUT2D eigenvalue weighted by Crippen LogP contribution is 2.35. The molecule has 1 aromatic carbocycles. The van der Waals surface area contributed by atoms with Crippen LogP contribution in [0.4, 0.5) is 5.69 Å². The first-order valence-electron chi connectivity index (χ1n) is 7.53. The highest BCUT2D eigenvalue weighted by Gasteiger charge is 2.19. The molecule has 0 bridgehead atoms. The molecule has 0 unspecified atom stereocenters. The molecule has 114 valence electrons. The van der Waals surface area contributed by atoms with Gasteiger partial charge >= 0.3 is 0 Å². The maximum Gasteiger partial charge on any atom is 0.163 e. The van der Waals surface area contributed by atoms with E-state index >= 15 is 0 Å². The number of likely N-dealkylation sites (tertiary alicyclic amines) is 1. The number of rotatable bonds is 4. The van der Waals surface area contributed by atoms with Crippen molar-refractivity contribution in [2.45, 2.75) is 19.4 Å². The van der Waals surface area contributed by atoms with Gasteiger partial charge < -0.3 is 19.7 Å². The van der Waals surface area contributed by atoms with Crippen LogP contribution in [0.1, 0.15) is 18.4 Å². The molecule has 1 N–H and O–H groups in total. The second-order valence-corrected chi connectivity index (χ2v) is 5.83. The first kappa shape index (κ1) is 14.2. The average molecular weight is 289 g/mol. The van der Waals surface area contributed by atoms with Gasteiger partial charge in [-0.3, -0.25) is 4.99 Å². The first-order valence-corrected chi connectivity index (χ1v) is 7.53. The van der Waals surface area contributed by atoms with Crippen molar-refractivity contribution in [1.29, 1.82) is 0 Å². The first-order chi connectivity index (χ1) is 10.3. The molecule has 1 saturated heterocycles. The molecule has 1 aromatic rings. The van der Waals surface area contributed by atoms with Crippen LogP contribution in [0, 0.1) is 5.92 Å². The molecule has 21 heavy (non-hydrogen) atoms. The van der Waals surface area contributed by atoms with E-state index in [9.17, 15) is 0 Å². The zero-order chi connectivity index (χ0) is 14.7. The Morgan fingerprint density at radius 1 is 1.29 bits per heavy atom. The quantitative estimate of drug-likeness (QED) is 0.924. The molecule has 0 atom stereocenters. The second-order valence-electron chi connectivity index (χ2n) is 5.83. The number of hydrogen-bond donors (Lipinski definition) is 1. The van der Waals surface area contributed by atoms with Gasteiger partial charge in [0.25, 0.3) is 0 Å². The zero-order valence-corrected chi connectivity index (χ0v) is 12.8. The predicted molar refractivity (Wildman–Crippen MR) is 84.5 cm³/mol. The minimum atomic E-state index is 0.636. The van der Waals surface area contributed by atoms with Crippen molar-refractivity contribution in [2.24, 2.45) is 10.9 Å². The lowest BCUT2D eigenvalue weighted by Crippen LogP contribution is -2.32. The summed E-state index contributed by atoms with van der Waals surface area (Å²) in [6, 6.07) is 4.04. The lowest BCUT2D eigenvalue weighted by Gasteiger charge is -2.29. The Kier molecular flexibility index (Phi) is 4.29. The van der Waals surface area contributed by atoms with Crippen LogP contribution >= 0.6 is 0 Å². The highest BCUT2D eigenvalue weighted by molar-refractivity contribution is 5.81. The van der Waals surface area contributed by atoms with Crippen molar-refractivity contribution < 1.29 is 9.47 Å². The Bertz CT molecular complexity index is 522. The Hall–Kier alpha value is -1.75. The summed E-state index contributed by atoms with van der Waals surface area (Å²) in [4.78, 5) is 6.59. The maximum absolute atomic E-state index is 6.04. The number of piperidine rings is 1. The summed E-state index contributed by atoms with van der Waals surface area (Å²) in [5, 5.41) is 3.16. The van der Waals surface area contributed by atoms with Crippen LogP contribution in [-0.2, 0) is 6.54 Å². The molecule has 2 heterocycles. The smallest absolute Gasteiger partial charge is 0.163 e. The van der Waals surface area contributed by atoms with Crippen molar-refractivity contribution in [1.82, 2.24) is 4.90 Å². The van der Waals surface area contributed by atoms with Gasteiger partial charge in [0.15, 0.2) is 11.5 Å². The predicted octanol–water partition coefficient (Wildman–Crippen LogP) is 2.37. The number of fused-ring (bicyclic) bond motifs is 1. The van der Waals surface area contributed by atoms with E-state index in [-0.39, 0.29) is 0 Å². The Morgan fingerprint density at radius 2 is 2.10 bits per heavy atom. The largest absolute Gasteiger partial charge is 0.493 e. The van der Waals surface area contributed by atoms with Gasteiger partial charge in [-0.05, 0) is 45.0 Å². The van der Waals surface area contributed by atoms with Crippen molar-refractivity contribution in [3.05, 3.63) is 17.7 Å². The lowest BCUT2D eigenvalue weighted by molar-refractivity contribution is 0.157. The molecule has 2 aliphatic rings. The van der Waals surface area contributed by atoms with Gasteiger partial charge in [-0.15, -0.1) is 0 Å². The van der Waals surface area contributed by atoms with Crippen molar-refractivity contribution in [3.8, 4) is 11.5 Å². The number of nitrogens with zero attached hydrogens (tertiary/aromatic N) is 2. The summed E-state index contributed by atoms with van der Waals surface area (Å²) in [5.74, 6) is 2.25. The molecule has 0 saturated carbocycles. The third-order valence-corrected chi connectivity index (χ3v) is 4.28. The van der Waals surface area contributed by atoms with E-state index in [2.05, 4.69) is 22.3 Å². The maximum atomic E-state index is 6.04. The number of methoxy groups -OCH3 is 1. The molecule has 3 rings (SSSR count). The summed E-state index contributed by atoms with van der Waals surface area (Å²) in [5.41, 5.74) is 2.20. The monoisotopic (exact) mass is 289 g/mol. The molecule has 0 spiro atoms. The third kappa shape index (κ3) is 3.29. The van der Waals surface area contributed by atoms with Gasteiger partial charge in [-0.1, -0.05) is 0 Å². The van der Waals surface area contributed by atoms with Crippen LogP contribution in [0.3, 0.4) is 0 Å². The van der Waals surface area contributed by atoms with Gasteiger partial charge in [0.2, 0.25) is 0 Å². The Morgan fingerprint density at radius 3 is 2.86 bits per heavy atom. The summed E-state index contributed by atoms with van der Waals surface area (Å²) in [6.07, 6.45) is 4.14. The molecule has 0 aliphatic carbocycles. The number of anilines is 1. The molecular formula is C16H23N3O2. The normalized spacial score (nSPS) is 19.0. The molecule has 1 fully saturated rings. The van der Waals surface area contributed by atoms with Crippen LogP contribution in [0.2, 0.25) is 0 Å². The number of hydrogen-bond acceptors (Lipinski definition) is 5. The SMILES string of the molecule is COc1cc2c(cc1OCC1CCN(C)CC1)NC=NC2. The van der Waals surface area contributed by atoms with Gasteiger partial charge in [0.05, 0.1) is 26.6 Å². The molecule has 5 heteroatoms. The number of aliphatic imine (C=N–C) groups is 1. The van der Waals surface area contributed by atoms with E-state index in [4.69, 9.17) is 9.47 Å².